The molecule has 2 N–H and O–H groups in total. The van der Waals surface area contributed by atoms with Crippen molar-refractivity contribution in [3.8, 4) is 11.4 Å². The predicted molar refractivity (Wildman–Crippen MR) is 111 cm³/mol. The molecule has 144 valence electrons. The Balaban J connectivity index is 1.89. The molecule has 0 radical (unpaired) electrons. The number of pyridine rings is 1. The molecule has 0 aliphatic carbocycles. The van der Waals surface area contributed by atoms with Gasteiger partial charge in [0.25, 0.3) is 5.91 Å². The number of halogens is 2. The summed E-state index contributed by atoms with van der Waals surface area (Å²) in [5.41, 5.74) is 2.41. The molecule has 8 heteroatoms. The lowest BCUT2D eigenvalue weighted by Crippen LogP contribution is -2.17. The number of anilines is 2. The third-order valence-electron chi connectivity index (χ3n) is 4.29. The molecule has 29 heavy (non-hydrogen) atoms. The Morgan fingerprint density at radius 2 is 1.97 bits per heavy atom. The summed E-state index contributed by atoms with van der Waals surface area (Å²) in [6.07, 6.45) is 3.33. The quantitative estimate of drug-likeness (QED) is 0.517. The number of carbonyl (C=O) groups excluding carboxylic acids is 1. The summed E-state index contributed by atoms with van der Waals surface area (Å²) in [5.74, 6) is 0.193. The van der Waals surface area contributed by atoms with Crippen molar-refractivity contribution in [2.45, 2.75) is 0 Å². The van der Waals surface area contributed by atoms with E-state index in [0.717, 1.165) is 5.56 Å². The van der Waals surface area contributed by atoms with E-state index in [2.05, 4.69) is 25.6 Å². The minimum Gasteiger partial charge on any atom is -0.355 e. The smallest absolute Gasteiger partial charge is 0.251 e. The SMILES string of the molecule is CNC(=O)c1ccc2nc(-c3cccnc3)nc(Nc3ccc(F)c(Cl)c3)c2c1. The second kappa shape index (κ2) is 7.81. The summed E-state index contributed by atoms with van der Waals surface area (Å²) in [7, 11) is 1.56. The topological polar surface area (TPSA) is 79.8 Å². The molecule has 4 aromatic rings. The monoisotopic (exact) mass is 407 g/mol. The summed E-state index contributed by atoms with van der Waals surface area (Å²) >= 11 is 5.90. The Morgan fingerprint density at radius 3 is 2.69 bits per heavy atom. The highest BCUT2D eigenvalue weighted by atomic mass is 35.5. The maximum atomic E-state index is 13.5. The highest BCUT2D eigenvalue weighted by Crippen LogP contribution is 2.29. The first-order chi connectivity index (χ1) is 14.0. The van der Waals surface area contributed by atoms with Gasteiger partial charge in [-0.05, 0) is 48.5 Å². The number of hydrogen-bond donors (Lipinski definition) is 2. The molecule has 2 heterocycles. The molecule has 0 saturated carbocycles. The summed E-state index contributed by atoms with van der Waals surface area (Å²) in [5, 5.41) is 6.38. The largest absolute Gasteiger partial charge is 0.355 e. The molecular weight excluding hydrogens is 393 g/mol. The van der Waals surface area contributed by atoms with Crippen LogP contribution in [0.5, 0.6) is 0 Å². The van der Waals surface area contributed by atoms with Crippen molar-refractivity contribution in [2.75, 3.05) is 12.4 Å². The first kappa shape index (κ1) is 18.8. The fourth-order valence-corrected chi connectivity index (χ4v) is 3.02. The van der Waals surface area contributed by atoms with Crippen LogP contribution in [0.4, 0.5) is 15.9 Å². The Labute approximate surface area is 170 Å². The highest BCUT2D eigenvalue weighted by molar-refractivity contribution is 6.31. The fraction of sp³-hybridized carbons (Fsp3) is 0.0476. The molecule has 0 saturated heterocycles. The summed E-state index contributed by atoms with van der Waals surface area (Å²) in [6, 6.07) is 13.1. The molecule has 2 aromatic carbocycles. The Hall–Kier alpha value is -3.58. The third kappa shape index (κ3) is 3.86. The minimum absolute atomic E-state index is 0.00751. The first-order valence-electron chi connectivity index (χ1n) is 8.71. The Morgan fingerprint density at radius 1 is 1.10 bits per heavy atom. The average Bonchev–Trinajstić information content (AvgIpc) is 2.76. The number of nitrogens with one attached hydrogen (secondary N) is 2. The van der Waals surface area contributed by atoms with E-state index in [-0.39, 0.29) is 10.9 Å². The molecule has 1 amide bonds. The summed E-state index contributed by atoms with van der Waals surface area (Å²) < 4.78 is 13.5. The fourth-order valence-electron chi connectivity index (χ4n) is 2.84. The molecule has 4 rings (SSSR count). The van der Waals surface area contributed by atoms with Gasteiger partial charge < -0.3 is 10.6 Å². The number of fused-ring (bicyclic) bond motifs is 1. The second-order valence-corrected chi connectivity index (χ2v) is 6.61. The lowest BCUT2D eigenvalue weighted by atomic mass is 10.1. The normalized spacial score (nSPS) is 10.7. The van der Waals surface area contributed by atoms with Gasteiger partial charge >= 0.3 is 0 Å². The number of carbonyl (C=O) groups is 1. The van der Waals surface area contributed by atoms with Crippen molar-refractivity contribution in [1.82, 2.24) is 20.3 Å². The van der Waals surface area contributed by atoms with Crippen LogP contribution in [-0.2, 0) is 0 Å². The van der Waals surface area contributed by atoms with Crippen LogP contribution >= 0.6 is 11.6 Å². The van der Waals surface area contributed by atoms with E-state index in [9.17, 15) is 9.18 Å². The molecule has 6 nitrogen and oxygen atoms in total. The third-order valence-corrected chi connectivity index (χ3v) is 4.58. The van der Waals surface area contributed by atoms with Gasteiger partial charge in [-0.15, -0.1) is 0 Å². The van der Waals surface area contributed by atoms with Crippen molar-refractivity contribution in [3.05, 3.63) is 77.3 Å². The molecule has 0 atom stereocenters. The van der Waals surface area contributed by atoms with Gasteiger partial charge in [0.15, 0.2) is 5.82 Å². The predicted octanol–water partition coefficient (Wildman–Crippen LogP) is 4.59. The van der Waals surface area contributed by atoms with Crippen molar-refractivity contribution in [3.63, 3.8) is 0 Å². The van der Waals surface area contributed by atoms with Gasteiger partial charge in [0.05, 0.1) is 10.5 Å². The molecule has 0 spiro atoms. The lowest BCUT2D eigenvalue weighted by molar-refractivity contribution is 0.0963. The Kier molecular flexibility index (Phi) is 5.05. The van der Waals surface area contributed by atoms with Crippen LogP contribution in [0.25, 0.3) is 22.3 Å². The van der Waals surface area contributed by atoms with E-state index in [1.807, 2.05) is 6.07 Å². The van der Waals surface area contributed by atoms with E-state index in [0.29, 0.717) is 33.8 Å². The van der Waals surface area contributed by atoms with E-state index in [1.165, 1.54) is 12.1 Å². The number of rotatable bonds is 4. The van der Waals surface area contributed by atoms with Crippen molar-refractivity contribution in [2.24, 2.45) is 0 Å². The molecule has 0 fully saturated rings. The van der Waals surface area contributed by atoms with Crippen LogP contribution < -0.4 is 10.6 Å². The average molecular weight is 408 g/mol. The Bertz CT molecular complexity index is 1220. The second-order valence-electron chi connectivity index (χ2n) is 6.20. The van der Waals surface area contributed by atoms with Crippen molar-refractivity contribution < 1.29 is 9.18 Å². The van der Waals surface area contributed by atoms with Gasteiger partial charge in [0.2, 0.25) is 0 Å². The highest BCUT2D eigenvalue weighted by Gasteiger charge is 2.13. The molecule has 2 aromatic heterocycles. The maximum absolute atomic E-state index is 13.5. The molecule has 0 aliphatic heterocycles. The first-order valence-corrected chi connectivity index (χ1v) is 9.09. The molecule has 0 aliphatic rings. The standard InChI is InChI=1S/C21H15ClFN5O/c1-24-21(29)12-4-7-18-15(9-12)20(26-14-5-6-17(23)16(22)10-14)28-19(27-18)13-3-2-8-25-11-13/h2-11H,1H3,(H,24,29)(H,26,27,28). The number of hydrogen-bond acceptors (Lipinski definition) is 5. The van der Waals surface area contributed by atoms with E-state index < -0.39 is 5.82 Å². The van der Waals surface area contributed by atoms with Crippen LogP contribution in [0.15, 0.2) is 60.9 Å². The zero-order valence-corrected chi connectivity index (χ0v) is 16.0. The van der Waals surface area contributed by atoms with Crippen molar-refractivity contribution in [1.29, 1.82) is 0 Å². The molecule has 0 unspecified atom stereocenters. The number of nitrogens with zero attached hydrogens (tertiary/aromatic N) is 3. The van der Waals surface area contributed by atoms with Gasteiger partial charge in [-0.1, -0.05) is 11.6 Å². The van der Waals surface area contributed by atoms with E-state index in [1.54, 1.807) is 49.8 Å². The van der Waals surface area contributed by atoms with Gasteiger partial charge in [-0.25, -0.2) is 14.4 Å². The number of aromatic nitrogens is 3. The van der Waals surface area contributed by atoms with Crippen LogP contribution in [0.3, 0.4) is 0 Å². The molecule has 0 bridgehead atoms. The van der Waals surface area contributed by atoms with Gasteiger partial charge in [-0.3, -0.25) is 9.78 Å². The van der Waals surface area contributed by atoms with Crippen LogP contribution in [0.1, 0.15) is 10.4 Å². The van der Waals surface area contributed by atoms with E-state index in [4.69, 9.17) is 11.6 Å². The van der Waals surface area contributed by atoms with Gasteiger partial charge in [0.1, 0.15) is 11.6 Å². The van der Waals surface area contributed by atoms with Crippen LogP contribution in [0.2, 0.25) is 5.02 Å². The zero-order chi connectivity index (χ0) is 20.4. The zero-order valence-electron chi connectivity index (χ0n) is 15.3. The van der Waals surface area contributed by atoms with E-state index >= 15 is 0 Å². The number of benzene rings is 2. The minimum atomic E-state index is -0.511. The summed E-state index contributed by atoms with van der Waals surface area (Å²) in [6.45, 7) is 0. The molecular formula is C21H15ClFN5O. The maximum Gasteiger partial charge on any atom is 0.251 e. The summed E-state index contributed by atoms with van der Waals surface area (Å²) in [4.78, 5) is 25.4. The van der Waals surface area contributed by atoms with Crippen LogP contribution in [0, 0.1) is 5.82 Å². The lowest BCUT2D eigenvalue weighted by Gasteiger charge is -2.12. The number of amides is 1. The van der Waals surface area contributed by atoms with Crippen LogP contribution in [-0.4, -0.2) is 27.9 Å². The van der Waals surface area contributed by atoms with Crippen molar-refractivity contribution >= 4 is 39.9 Å². The van der Waals surface area contributed by atoms with Gasteiger partial charge in [0, 0.05) is 41.6 Å². The van der Waals surface area contributed by atoms with Gasteiger partial charge in [-0.2, -0.15) is 0 Å².